The number of aromatic nitrogens is 4. The number of benzene rings is 2. The molecular weight excluding hydrogens is 422 g/mol. The van der Waals surface area contributed by atoms with Gasteiger partial charge in [0, 0.05) is 20.1 Å². The molecule has 0 bridgehead atoms. The largest absolute Gasteiger partial charge is 0.341 e. The number of nitrogens with zero attached hydrogens (tertiary/aromatic N) is 5. The molecule has 0 saturated carbocycles. The van der Waals surface area contributed by atoms with Crippen LogP contribution < -0.4 is 5.56 Å². The van der Waals surface area contributed by atoms with E-state index in [0.717, 1.165) is 11.1 Å². The van der Waals surface area contributed by atoms with Gasteiger partial charge in [-0.3, -0.25) is 18.6 Å². The van der Waals surface area contributed by atoms with Gasteiger partial charge in [0.1, 0.15) is 0 Å². The molecule has 2 aromatic carbocycles. The van der Waals surface area contributed by atoms with Crippen molar-refractivity contribution in [2.45, 2.75) is 32.1 Å². The Balaban J connectivity index is 1.60. The average molecular weight is 448 g/mol. The van der Waals surface area contributed by atoms with Crippen LogP contribution in [0.2, 0.25) is 0 Å². The molecule has 2 heterocycles. The predicted octanol–water partition coefficient (Wildman–Crippen LogP) is 3.60. The topological polar surface area (TPSA) is 72.5 Å². The first-order chi connectivity index (χ1) is 15.4. The second-order valence-corrected chi connectivity index (χ2v) is 8.75. The molecule has 32 heavy (non-hydrogen) atoms. The number of allylic oxidation sites excluding steroid dienone is 1. The number of amides is 1. The number of fused-ring (bicyclic) bond motifs is 3. The summed E-state index contributed by atoms with van der Waals surface area (Å²) in [6, 6.07) is 13.6. The van der Waals surface area contributed by atoms with Crippen LogP contribution in [0.25, 0.3) is 16.7 Å². The Morgan fingerprint density at radius 3 is 2.72 bits per heavy atom. The third-order valence-electron chi connectivity index (χ3n) is 5.45. The Morgan fingerprint density at radius 2 is 1.97 bits per heavy atom. The first-order valence-corrected chi connectivity index (χ1v) is 11.3. The highest BCUT2D eigenvalue weighted by Crippen LogP contribution is 2.22. The molecule has 0 unspecified atom stereocenters. The molecule has 0 aliphatic rings. The van der Waals surface area contributed by atoms with Crippen LogP contribution in [-0.4, -0.2) is 42.8 Å². The van der Waals surface area contributed by atoms with Crippen molar-refractivity contribution in [2.24, 2.45) is 0 Å². The lowest BCUT2D eigenvalue weighted by Crippen LogP contribution is -2.28. The van der Waals surface area contributed by atoms with Crippen LogP contribution in [-0.2, 0) is 17.9 Å². The van der Waals surface area contributed by atoms with E-state index in [0.29, 0.717) is 29.4 Å². The van der Waals surface area contributed by atoms with Gasteiger partial charge >= 0.3 is 0 Å². The first kappa shape index (κ1) is 21.8. The number of para-hydroxylation sites is 1. The molecule has 0 N–H and O–H groups in total. The summed E-state index contributed by atoms with van der Waals surface area (Å²) in [5.74, 6) is 0.652. The number of hydrogen-bond acceptors (Lipinski definition) is 5. The highest BCUT2D eigenvalue weighted by Gasteiger charge is 2.18. The summed E-state index contributed by atoms with van der Waals surface area (Å²) in [5.41, 5.74) is 4.09. The van der Waals surface area contributed by atoms with Gasteiger partial charge in [0.15, 0.2) is 5.16 Å². The average Bonchev–Trinajstić information content (AvgIpc) is 3.20. The lowest BCUT2D eigenvalue weighted by Gasteiger charge is -2.18. The standard InChI is InChI=1S/C24H25N5O2S/c1-5-12-28-22(31)19-8-6-7-9-20(19)29-23(28)25-26-24(29)32-15-21(30)27(4)14-18-11-10-16(2)13-17(18)3/h5-11,13H,1,12,14-15H2,2-4H3. The fourth-order valence-electron chi connectivity index (χ4n) is 3.72. The van der Waals surface area contributed by atoms with Crippen molar-refractivity contribution in [3.05, 3.63) is 82.2 Å². The smallest absolute Gasteiger partial charge is 0.263 e. The fourth-order valence-corrected chi connectivity index (χ4v) is 4.60. The van der Waals surface area contributed by atoms with Gasteiger partial charge in [0.05, 0.1) is 16.7 Å². The van der Waals surface area contributed by atoms with E-state index < -0.39 is 0 Å². The van der Waals surface area contributed by atoms with E-state index in [1.807, 2.05) is 22.6 Å². The summed E-state index contributed by atoms with van der Waals surface area (Å²) in [5, 5.41) is 9.66. The Bertz CT molecular complexity index is 1390. The van der Waals surface area contributed by atoms with Crippen LogP contribution in [0.1, 0.15) is 16.7 Å². The molecule has 8 heteroatoms. The number of carbonyl (C=O) groups is 1. The maximum Gasteiger partial charge on any atom is 0.263 e. The van der Waals surface area contributed by atoms with Gasteiger partial charge in [-0.1, -0.05) is 53.7 Å². The van der Waals surface area contributed by atoms with Gasteiger partial charge in [-0.15, -0.1) is 16.8 Å². The van der Waals surface area contributed by atoms with E-state index in [2.05, 4.69) is 48.8 Å². The van der Waals surface area contributed by atoms with Gasteiger partial charge < -0.3 is 4.90 Å². The summed E-state index contributed by atoms with van der Waals surface area (Å²) in [6.45, 7) is 8.74. The Morgan fingerprint density at radius 1 is 1.19 bits per heavy atom. The van der Waals surface area contributed by atoms with Crippen LogP contribution in [0.4, 0.5) is 0 Å². The van der Waals surface area contributed by atoms with E-state index in [-0.39, 0.29) is 17.2 Å². The molecule has 7 nitrogen and oxygen atoms in total. The number of aryl methyl sites for hydroxylation is 2. The minimum Gasteiger partial charge on any atom is -0.341 e. The zero-order chi connectivity index (χ0) is 22.8. The summed E-state index contributed by atoms with van der Waals surface area (Å²) in [6.07, 6.45) is 1.66. The highest BCUT2D eigenvalue weighted by molar-refractivity contribution is 7.99. The Hall–Kier alpha value is -3.39. The number of carbonyl (C=O) groups excluding carboxylic acids is 1. The monoisotopic (exact) mass is 447 g/mol. The van der Waals surface area contributed by atoms with Gasteiger partial charge in [-0.05, 0) is 37.1 Å². The first-order valence-electron chi connectivity index (χ1n) is 10.3. The minimum absolute atomic E-state index is 0.00422. The third-order valence-corrected chi connectivity index (χ3v) is 6.36. The van der Waals surface area contributed by atoms with Gasteiger partial charge in [0.2, 0.25) is 11.7 Å². The molecule has 0 spiro atoms. The summed E-state index contributed by atoms with van der Waals surface area (Å²) in [7, 11) is 1.81. The molecule has 4 rings (SSSR count). The molecule has 2 aromatic heterocycles. The second-order valence-electron chi connectivity index (χ2n) is 7.81. The van der Waals surface area contributed by atoms with E-state index in [1.54, 1.807) is 28.7 Å². The zero-order valence-electron chi connectivity index (χ0n) is 18.4. The number of rotatable bonds is 7. The normalized spacial score (nSPS) is 11.2. The Labute approximate surface area is 190 Å². The zero-order valence-corrected chi connectivity index (χ0v) is 19.2. The molecule has 0 fully saturated rings. The van der Waals surface area contributed by atoms with E-state index in [1.165, 1.54) is 22.9 Å². The van der Waals surface area contributed by atoms with Gasteiger partial charge in [-0.2, -0.15) is 0 Å². The SMILES string of the molecule is C=CCn1c(=O)c2ccccc2n2c(SCC(=O)N(C)Cc3ccc(C)cc3C)nnc12. The number of hydrogen-bond donors (Lipinski definition) is 0. The molecular formula is C24H25N5O2S. The van der Waals surface area contributed by atoms with Crippen molar-refractivity contribution < 1.29 is 4.79 Å². The Kier molecular flexibility index (Phi) is 6.14. The third kappa shape index (κ3) is 4.05. The van der Waals surface area contributed by atoms with Crippen molar-refractivity contribution in [1.29, 1.82) is 0 Å². The molecule has 4 aromatic rings. The predicted molar refractivity (Wildman–Crippen MR) is 128 cm³/mol. The molecule has 0 atom stereocenters. The number of thioether (sulfide) groups is 1. The lowest BCUT2D eigenvalue weighted by atomic mass is 10.1. The summed E-state index contributed by atoms with van der Waals surface area (Å²) < 4.78 is 3.38. The maximum absolute atomic E-state index is 12.9. The van der Waals surface area contributed by atoms with Crippen LogP contribution in [0.3, 0.4) is 0 Å². The fraction of sp³-hybridized carbons (Fsp3) is 0.250. The van der Waals surface area contributed by atoms with E-state index in [4.69, 9.17) is 0 Å². The molecule has 0 aliphatic carbocycles. The van der Waals surface area contributed by atoms with Crippen molar-refractivity contribution in [1.82, 2.24) is 24.1 Å². The maximum atomic E-state index is 12.9. The lowest BCUT2D eigenvalue weighted by molar-refractivity contribution is -0.127. The highest BCUT2D eigenvalue weighted by atomic mass is 32.2. The molecule has 0 saturated heterocycles. The van der Waals surface area contributed by atoms with Crippen molar-refractivity contribution >= 4 is 34.3 Å². The van der Waals surface area contributed by atoms with Crippen LogP contribution in [0, 0.1) is 13.8 Å². The second kappa shape index (κ2) is 9.00. The molecule has 0 aliphatic heterocycles. The summed E-state index contributed by atoms with van der Waals surface area (Å²) >= 11 is 1.31. The van der Waals surface area contributed by atoms with E-state index in [9.17, 15) is 9.59 Å². The van der Waals surface area contributed by atoms with E-state index >= 15 is 0 Å². The van der Waals surface area contributed by atoms with Crippen LogP contribution >= 0.6 is 11.8 Å². The quantitative estimate of drug-likeness (QED) is 0.320. The minimum atomic E-state index is -0.138. The van der Waals surface area contributed by atoms with Crippen molar-refractivity contribution in [3.63, 3.8) is 0 Å². The van der Waals surface area contributed by atoms with Crippen molar-refractivity contribution in [3.8, 4) is 0 Å². The van der Waals surface area contributed by atoms with Crippen LogP contribution in [0.5, 0.6) is 0 Å². The molecule has 0 radical (unpaired) electrons. The molecule has 1 amide bonds. The van der Waals surface area contributed by atoms with Gasteiger partial charge in [0.25, 0.3) is 5.56 Å². The van der Waals surface area contributed by atoms with Crippen molar-refractivity contribution in [2.75, 3.05) is 12.8 Å². The van der Waals surface area contributed by atoms with Gasteiger partial charge in [-0.25, -0.2) is 0 Å². The summed E-state index contributed by atoms with van der Waals surface area (Å²) in [4.78, 5) is 27.4. The van der Waals surface area contributed by atoms with Crippen LogP contribution in [0.15, 0.2) is 65.1 Å². The molecule has 164 valence electrons.